The van der Waals surface area contributed by atoms with Crippen LogP contribution in [0.25, 0.3) is 0 Å². The monoisotopic (exact) mass is 335 g/mol. The van der Waals surface area contributed by atoms with Crippen LogP contribution in [0.4, 0.5) is 5.69 Å². The molecule has 0 radical (unpaired) electrons. The number of anilines is 1. The first-order chi connectivity index (χ1) is 9.63. The number of ether oxygens (including phenoxy) is 2. The van der Waals surface area contributed by atoms with E-state index in [1.807, 2.05) is 24.3 Å². The number of amides is 1. The van der Waals surface area contributed by atoms with Crippen LogP contribution >= 0.6 is 15.9 Å². The molecule has 104 valence electrons. The lowest BCUT2D eigenvalue weighted by Gasteiger charge is -2.11. The average molecular weight is 336 g/mol. The molecular formula is C15H14BrNO3. The lowest BCUT2D eigenvalue weighted by atomic mass is 10.1. The lowest BCUT2D eigenvalue weighted by Crippen LogP contribution is -2.13. The number of methoxy groups -OCH3 is 2. The van der Waals surface area contributed by atoms with E-state index in [4.69, 9.17) is 9.47 Å². The summed E-state index contributed by atoms with van der Waals surface area (Å²) in [5.41, 5.74) is 1.13. The highest BCUT2D eigenvalue weighted by Crippen LogP contribution is 2.25. The van der Waals surface area contributed by atoms with E-state index < -0.39 is 0 Å². The highest BCUT2D eigenvalue weighted by atomic mass is 79.9. The average Bonchev–Trinajstić information content (AvgIpc) is 2.46. The van der Waals surface area contributed by atoms with E-state index >= 15 is 0 Å². The van der Waals surface area contributed by atoms with Crippen LogP contribution in [0, 0.1) is 0 Å². The second-order valence-corrected chi connectivity index (χ2v) is 4.95. The minimum Gasteiger partial charge on any atom is -0.497 e. The molecule has 20 heavy (non-hydrogen) atoms. The van der Waals surface area contributed by atoms with Gasteiger partial charge in [0, 0.05) is 10.2 Å². The van der Waals surface area contributed by atoms with E-state index in [9.17, 15) is 4.79 Å². The molecule has 0 saturated heterocycles. The number of halogens is 1. The molecule has 0 atom stereocenters. The van der Waals surface area contributed by atoms with Crippen LogP contribution in [0.2, 0.25) is 0 Å². The molecule has 4 nitrogen and oxygen atoms in total. The molecule has 2 aromatic rings. The summed E-state index contributed by atoms with van der Waals surface area (Å²) in [7, 11) is 3.08. The Labute approximate surface area is 125 Å². The van der Waals surface area contributed by atoms with Gasteiger partial charge < -0.3 is 14.8 Å². The third-order valence-corrected chi connectivity index (χ3v) is 3.23. The summed E-state index contributed by atoms with van der Waals surface area (Å²) in [6.07, 6.45) is 0. The minimum atomic E-state index is -0.251. The number of hydrogen-bond donors (Lipinski definition) is 1. The fraction of sp³-hybridized carbons (Fsp3) is 0.133. The number of nitrogens with one attached hydrogen (secondary N) is 1. The lowest BCUT2D eigenvalue weighted by molar-refractivity contribution is 0.102. The zero-order chi connectivity index (χ0) is 14.5. The molecule has 0 spiro atoms. The Morgan fingerprint density at radius 2 is 1.90 bits per heavy atom. The molecule has 0 fully saturated rings. The third kappa shape index (κ3) is 3.30. The molecule has 0 aliphatic heterocycles. The highest BCUT2D eigenvalue weighted by Gasteiger charge is 2.14. The normalized spacial score (nSPS) is 9.95. The maximum absolute atomic E-state index is 12.3. The summed E-state index contributed by atoms with van der Waals surface area (Å²) in [6, 6.07) is 12.5. The highest BCUT2D eigenvalue weighted by molar-refractivity contribution is 9.10. The van der Waals surface area contributed by atoms with Crippen molar-refractivity contribution in [2.24, 2.45) is 0 Å². The molecule has 0 heterocycles. The van der Waals surface area contributed by atoms with Gasteiger partial charge in [0.15, 0.2) is 0 Å². The van der Waals surface area contributed by atoms with E-state index in [1.54, 1.807) is 25.3 Å². The molecule has 0 aromatic heterocycles. The number of rotatable bonds is 4. The predicted molar refractivity (Wildman–Crippen MR) is 81.6 cm³/mol. The molecule has 0 aliphatic rings. The van der Waals surface area contributed by atoms with Gasteiger partial charge in [0.05, 0.1) is 19.8 Å². The molecule has 2 aromatic carbocycles. The Hall–Kier alpha value is -2.01. The molecule has 1 amide bonds. The van der Waals surface area contributed by atoms with Crippen molar-refractivity contribution >= 4 is 27.5 Å². The largest absolute Gasteiger partial charge is 0.497 e. The van der Waals surface area contributed by atoms with Gasteiger partial charge in [0.25, 0.3) is 5.91 Å². The van der Waals surface area contributed by atoms with Crippen molar-refractivity contribution in [3.05, 3.63) is 52.5 Å². The Morgan fingerprint density at radius 1 is 1.10 bits per heavy atom. The van der Waals surface area contributed by atoms with E-state index in [2.05, 4.69) is 21.2 Å². The van der Waals surface area contributed by atoms with E-state index in [0.717, 1.165) is 4.47 Å². The summed E-state index contributed by atoms with van der Waals surface area (Å²) in [5.74, 6) is 0.849. The molecule has 0 bridgehead atoms. The van der Waals surface area contributed by atoms with Gasteiger partial charge in [-0.2, -0.15) is 0 Å². The predicted octanol–water partition coefficient (Wildman–Crippen LogP) is 3.72. The molecule has 0 aliphatic carbocycles. The van der Waals surface area contributed by atoms with Crippen molar-refractivity contribution in [1.29, 1.82) is 0 Å². The zero-order valence-corrected chi connectivity index (χ0v) is 12.7. The smallest absolute Gasteiger partial charge is 0.259 e. The van der Waals surface area contributed by atoms with Crippen LogP contribution in [-0.2, 0) is 0 Å². The van der Waals surface area contributed by atoms with Gasteiger partial charge >= 0.3 is 0 Å². The molecule has 2 rings (SSSR count). The second kappa shape index (κ2) is 6.43. The van der Waals surface area contributed by atoms with Crippen LogP contribution in [0.1, 0.15) is 10.4 Å². The maximum atomic E-state index is 12.3. The van der Waals surface area contributed by atoms with Crippen molar-refractivity contribution in [2.45, 2.75) is 0 Å². The van der Waals surface area contributed by atoms with Crippen molar-refractivity contribution in [1.82, 2.24) is 0 Å². The number of carbonyl (C=O) groups is 1. The molecule has 0 saturated carbocycles. The van der Waals surface area contributed by atoms with Crippen molar-refractivity contribution in [2.75, 3.05) is 19.5 Å². The standard InChI is InChI=1S/C15H14BrNO3/c1-19-12-6-7-14(20-2)13(9-12)15(18)17-11-5-3-4-10(16)8-11/h3-9H,1-2H3,(H,17,18). The first kappa shape index (κ1) is 14.4. The van der Waals surface area contributed by atoms with Crippen molar-refractivity contribution in [3.8, 4) is 11.5 Å². The van der Waals surface area contributed by atoms with Crippen LogP contribution in [0.5, 0.6) is 11.5 Å². The topological polar surface area (TPSA) is 47.6 Å². The quantitative estimate of drug-likeness (QED) is 0.926. The molecule has 5 heteroatoms. The summed E-state index contributed by atoms with van der Waals surface area (Å²) >= 11 is 3.36. The van der Waals surface area contributed by atoms with Gasteiger partial charge in [0.2, 0.25) is 0 Å². The first-order valence-corrected chi connectivity index (χ1v) is 6.72. The van der Waals surface area contributed by atoms with Crippen LogP contribution in [-0.4, -0.2) is 20.1 Å². The summed E-state index contributed by atoms with van der Waals surface area (Å²) in [5, 5.41) is 2.82. The fourth-order valence-corrected chi connectivity index (χ4v) is 2.16. The van der Waals surface area contributed by atoms with Gasteiger partial charge in [-0.1, -0.05) is 22.0 Å². The summed E-state index contributed by atoms with van der Waals surface area (Å²) < 4.78 is 11.2. The Bertz CT molecular complexity index is 628. The van der Waals surface area contributed by atoms with Gasteiger partial charge in [-0.15, -0.1) is 0 Å². The number of benzene rings is 2. The Kier molecular flexibility index (Phi) is 4.63. The van der Waals surface area contributed by atoms with Crippen molar-refractivity contribution < 1.29 is 14.3 Å². The molecular weight excluding hydrogens is 322 g/mol. The van der Waals surface area contributed by atoms with Gasteiger partial charge in [-0.05, 0) is 36.4 Å². The van der Waals surface area contributed by atoms with E-state index in [1.165, 1.54) is 7.11 Å². The molecule has 0 unspecified atom stereocenters. The van der Waals surface area contributed by atoms with Gasteiger partial charge in [-0.25, -0.2) is 0 Å². The van der Waals surface area contributed by atoms with Crippen LogP contribution < -0.4 is 14.8 Å². The first-order valence-electron chi connectivity index (χ1n) is 5.93. The molecule has 1 N–H and O–H groups in total. The fourth-order valence-electron chi connectivity index (χ4n) is 1.76. The summed E-state index contributed by atoms with van der Waals surface area (Å²) in [4.78, 5) is 12.3. The SMILES string of the molecule is COc1ccc(OC)c(C(=O)Nc2cccc(Br)c2)c1. The van der Waals surface area contributed by atoms with Crippen molar-refractivity contribution in [3.63, 3.8) is 0 Å². The zero-order valence-electron chi connectivity index (χ0n) is 11.1. The Balaban J connectivity index is 2.28. The maximum Gasteiger partial charge on any atom is 0.259 e. The number of hydrogen-bond acceptors (Lipinski definition) is 3. The van der Waals surface area contributed by atoms with E-state index in [0.29, 0.717) is 22.7 Å². The minimum absolute atomic E-state index is 0.251. The Morgan fingerprint density at radius 3 is 2.55 bits per heavy atom. The second-order valence-electron chi connectivity index (χ2n) is 4.03. The van der Waals surface area contributed by atoms with Gasteiger partial charge in [-0.3, -0.25) is 4.79 Å². The summed E-state index contributed by atoms with van der Waals surface area (Å²) in [6.45, 7) is 0. The van der Waals surface area contributed by atoms with Gasteiger partial charge in [0.1, 0.15) is 11.5 Å². The van der Waals surface area contributed by atoms with Crippen LogP contribution in [0.3, 0.4) is 0 Å². The van der Waals surface area contributed by atoms with Crippen LogP contribution in [0.15, 0.2) is 46.9 Å². The van der Waals surface area contributed by atoms with E-state index in [-0.39, 0.29) is 5.91 Å². The third-order valence-electron chi connectivity index (χ3n) is 2.73. The number of carbonyl (C=O) groups excluding carboxylic acids is 1.